The molecule has 0 radical (unpaired) electrons. The molecule has 0 saturated carbocycles. The topological polar surface area (TPSA) is 56.3 Å². The predicted molar refractivity (Wildman–Crippen MR) is 79.6 cm³/mol. The summed E-state index contributed by atoms with van der Waals surface area (Å²) in [5, 5.41) is 9.99. The van der Waals surface area contributed by atoms with Crippen molar-refractivity contribution in [1.82, 2.24) is 0 Å². The Morgan fingerprint density at radius 2 is 2.00 bits per heavy atom. The second-order valence-corrected chi connectivity index (χ2v) is 6.06. The van der Waals surface area contributed by atoms with Crippen molar-refractivity contribution in [2.45, 2.75) is 12.3 Å². The van der Waals surface area contributed by atoms with Crippen molar-refractivity contribution in [1.29, 1.82) is 0 Å². The van der Waals surface area contributed by atoms with Crippen LogP contribution in [0.25, 0.3) is 0 Å². The average molecular weight is 409 g/mol. The van der Waals surface area contributed by atoms with Crippen LogP contribution in [0.2, 0.25) is 0 Å². The van der Waals surface area contributed by atoms with Crippen molar-refractivity contribution in [2.75, 3.05) is 0 Å². The Bertz CT molecular complexity index is 642. The molecule has 0 fully saturated rings. The fraction of sp³-hybridized carbons (Fsp3) is 0.167. The first-order valence-electron chi connectivity index (χ1n) is 5.24. The van der Waals surface area contributed by atoms with E-state index >= 15 is 0 Å². The molecule has 1 aromatic carbocycles. The fourth-order valence-electron chi connectivity index (χ4n) is 1.59. The zero-order valence-electron chi connectivity index (χ0n) is 9.69. The van der Waals surface area contributed by atoms with E-state index in [-0.39, 0.29) is 5.88 Å². The lowest BCUT2D eigenvalue weighted by molar-refractivity contribution is -0.402. The quantitative estimate of drug-likeness (QED) is 0.390. The van der Waals surface area contributed by atoms with Gasteiger partial charge in [-0.05, 0) is 36.2 Å². The Balaban J connectivity index is 2.40. The molecule has 1 aromatic heterocycles. The highest BCUT2D eigenvalue weighted by Gasteiger charge is 2.21. The standard InChI is InChI=1S/C12H8Br2ClNO3/c1-6-4-9(14)7(5-8(6)13)12(15)10-2-3-11(19-10)16(17)18/h2-5,12H,1H3. The lowest BCUT2D eigenvalue weighted by Crippen LogP contribution is -1.94. The summed E-state index contributed by atoms with van der Waals surface area (Å²) in [6.45, 7) is 1.96. The molecule has 0 aliphatic rings. The Kier molecular flexibility index (Phi) is 4.32. The van der Waals surface area contributed by atoms with Crippen LogP contribution in [0.5, 0.6) is 0 Å². The van der Waals surface area contributed by atoms with Crippen LogP contribution < -0.4 is 0 Å². The van der Waals surface area contributed by atoms with Crippen molar-refractivity contribution in [3.63, 3.8) is 0 Å². The summed E-state index contributed by atoms with van der Waals surface area (Å²) in [7, 11) is 0. The molecule has 7 heteroatoms. The van der Waals surface area contributed by atoms with Gasteiger partial charge >= 0.3 is 5.88 Å². The molecule has 0 N–H and O–H groups in total. The Morgan fingerprint density at radius 1 is 1.32 bits per heavy atom. The van der Waals surface area contributed by atoms with Gasteiger partial charge < -0.3 is 4.42 Å². The molecule has 2 aromatic rings. The van der Waals surface area contributed by atoms with Gasteiger partial charge in [0.15, 0.2) is 0 Å². The molecule has 1 atom stereocenters. The van der Waals surface area contributed by atoms with Gasteiger partial charge in [-0.1, -0.05) is 31.9 Å². The van der Waals surface area contributed by atoms with Crippen LogP contribution in [0.15, 0.2) is 37.6 Å². The summed E-state index contributed by atoms with van der Waals surface area (Å²) in [5.41, 5.74) is 1.84. The van der Waals surface area contributed by atoms with Crippen LogP contribution in [-0.2, 0) is 0 Å². The second kappa shape index (κ2) is 5.64. The summed E-state index contributed by atoms with van der Waals surface area (Å²) in [5.74, 6) is 0.0211. The molecular formula is C12H8Br2ClNO3. The minimum atomic E-state index is -0.597. The monoisotopic (exact) mass is 407 g/mol. The number of aryl methyl sites for hydroxylation is 1. The molecule has 0 amide bonds. The van der Waals surface area contributed by atoms with Crippen LogP contribution in [0.1, 0.15) is 22.3 Å². The Hall–Kier alpha value is -0.850. The first-order chi connectivity index (χ1) is 8.90. The molecule has 19 heavy (non-hydrogen) atoms. The summed E-state index contributed by atoms with van der Waals surface area (Å²) in [6.07, 6.45) is 0. The van der Waals surface area contributed by atoms with Gasteiger partial charge in [-0.25, -0.2) is 0 Å². The normalized spacial score (nSPS) is 12.4. The van der Waals surface area contributed by atoms with E-state index < -0.39 is 10.3 Å². The third-order valence-corrected chi connectivity index (χ3v) is 4.58. The number of nitro groups is 1. The molecule has 2 rings (SSSR count). The van der Waals surface area contributed by atoms with Crippen LogP contribution in [0.4, 0.5) is 5.88 Å². The minimum absolute atomic E-state index is 0.317. The van der Waals surface area contributed by atoms with Crippen LogP contribution in [-0.4, -0.2) is 4.92 Å². The van der Waals surface area contributed by atoms with E-state index in [4.69, 9.17) is 16.0 Å². The molecular weight excluding hydrogens is 401 g/mol. The predicted octanol–water partition coefficient (Wildman–Crippen LogP) is 5.35. The number of alkyl halides is 1. The fourth-order valence-corrected chi connectivity index (χ4v) is 3.06. The van der Waals surface area contributed by atoms with E-state index in [0.717, 1.165) is 20.1 Å². The number of hydrogen-bond donors (Lipinski definition) is 0. The molecule has 4 nitrogen and oxygen atoms in total. The zero-order chi connectivity index (χ0) is 14.2. The van der Waals surface area contributed by atoms with Gasteiger partial charge in [0.1, 0.15) is 16.1 Å². The van der Waals surface area contributed by atoms with Gasteiger partial charge in [-0.3, -0.25) is 10.1 Å². The Labute approximate surface area is 131 Å². The van der Waals surface area contributed by atoms with Crippen LogP contribution >= 0.6 is 43.5 Å². The van der Waals surface area contributed by atoms with E-state index in [2.05, 4.69) is 31.9 Å². The van der Waals surface area contributed by atoms with Crippen molar-refractivity contribution in [3.8, 4) is 0 Å². The van der Waals surface area contributed by atoms with E-state index in [0.29, 0.717) is 5.76 Å². The number of nitrogens with zero attached hydrogens (tertiary/aromatic N) is 1. The maximum atomic E-state index is 10.6. The smallest absolute Gasteiger partial charge is 0.404 e. The Morgan fingerprint density at radius 3 is 2.58 bits per heavy atom. The lowest BCUT2D eigenvalue weighted by atomic mass is 10.1. The number of rotatable bonds is 3. The summed E-state index contributed by atoms with van der Waals surface area (Å²) >= 11 is 13.2. The molecule has 0 bridgehead atoms. The van der Waals surface area contributed by atoms with Crippen molar-refractivity contribution >= 4 is 49.3 Å². The summed E-state index contributed by atoms with van der Waals surface area (Å²) in [6, 6.07) is 6.59. The van der Waals surface area contributed by atoms with E-state index in [1.165, 1.54) is 12.1 Å². The van der Waals surface area contributed by atoms with Gasteiger partial charge in [-0.2, -0.15) is 0 Å². The van der Waals surface area contributed by atoms with Gasteiger partial charge in [0.2, 0.25) is 0 Å². The summed E-state index contributed by atoms with van der Waals surface area (Å²) < 4.78 is 6.86. The number of benzene rings is 1. The number of furan rings is 1. The van der Waals surface area contributed by atoms with Crippen molar-refractivity contribution in [2.24, 2.45) is 0 Å². The zero-order valence-corrected chi connectivity index (χ0v) is 13.6. The number of hydrogen-bond acceptors (Lipinski definition) is 3. The van der Waals surface area contributed by atoms with E-state index in [1.807, 2.05) is 19.1 Å². The lowest BCUT2D eigenvalue weighted by Gasteiger charge is -2.11. The largest absolute Gasteiger partial charge is 0.433 e. The van der Waals surface area contributed by atoms with Gasteiger partial charge in [0.25, 0.3) is 0 Å². The molecule has 1 unspecified atom stereocenters. The molecule has 0 saturated heterocycles. The molecule has 0 aliphatic heterocycles. The highest BCUT2D eigenvalue weighted by atomic mass is 79.9. The minimum Gasteiger partial charge on any atom is -0.404 e. The van der Waals surface area contributed by atoms with Crippen LogP contribution in [0.3, 0.4) is 0 Å². The molecule has 0 aliphatic carbocycles. The summed E-state index contributed by atoms with van der Waals surface area (Å²) in [4.78, 5) is 10.0. The third kappa shape index (κ3) is 3.01. The maximum absolute atomic E-state index is 10.6. The second-order valence-electron chi connectivity index (χ2n) is 3.92. The average Bonchev–Trinajstić information content (AvgIpc) is 2.82. The van der Waals surface area contributed by atoms with Gasteiger partial charge in [0, 0.05) is 8.95 Å². The van der Waals surface area contributed by atoms with Crippen LogP contribution in [0, 0.1) is 17.0 Å². The molecule has 0 spiro atoms. The van der Waals surface area contributed by atoms with E-state index in [9.17, 15) is 10.1 Å². The van der Waals surface area contributed by atoms with E-state index in [1.54, 1.807) is 0 Å². The first kappa shape index (κ1) is 14.6. The molecule has 1 heterocycles. The highest BCUT2D eigenvalue weighted by Crippen LogP contribution is 2.38. The third-order valence-electron chi connectivity index (χ3n) is 2.59. The van der Waals surface area contributed by atoms with Gasteiger partial charge in [-0.15, -0.1) is 11.6 Å². The first-order valence-corrected chi connectivity index (χ1v) is 7.26. The SMILES string of the molecule is Cc1cc(Br)c(C(Cl)c2ccc([N+](=O)[O-])o2)cc1Br. The maximum Gasteiger partial charge on any atom is 0.433 e. The molecule has 100 valence electrons. The van der Waals surface area contributed by atoms with Crippen molar-refractivity contribution < 1.29 is 9.34 Å². The van der Waals surface area contributed by atoms with Gasteiger partial charge in [0.05, 0.1) is 6.07 Å². The number of halogens is 3. The van der Waals surface area contributed by atoms with Crippen molar-refractivity contribution in [3.05, 3.63) is 60.2 Å². The highest BCUT2D eigenvalue weighted by molar-refractivity contribution is 9.11.